The van der Waals surface area contributed by atoms with Gasteiger partial charge in [-0.2, -0.15) is 0 Å². The topological polar surface area (TPSA) is 112 Å². The van der Waals surface area contributed by atoms with E-state index in [9.17, 15) is 24.3 Å². The Labute approximate surface area is 250 Å². The molecule has 6 rings (SSSR count). The number of rotatable bonds is 6. The van der Waals surface area contributed by atoms with Crippen LogP contribution in [0.2, 0.25) is 0 Å². The zero-order valence-corrected chi connectivity index (χ0v) is 24.7. The normalized spacial score (nSPS) is 19.4. The van der Waals surface area contributed by atoms with Crippen molar-refractivity contribution >= 4 is 57.9 Å². The van der Waals surface area contributed by atoms with Crippen molar-refractivity contribution in [3.05, 3.63) is 98.5 Å². The zero-order chi connectivity index (χ0) is 29.7. The molecule has 0 bridgehead atoms. The minimum Gasteiger partial charge on any atom is -0.508 e. The van der Waals surface area contributed by atoms with E-state index >= 15 is 0 Å². The fourth-order valence-corrected chi connectivity index (χ4v) is 8.20. The highest BCUT2D eigenvalue weighted by molar-refractivity contribution is 8.00. The number of hydrogen-bond donors (Lipinski definition) is 2. The van der Waals surface area contributed by atoms with Gasteiger partial charge in [-0.15, -0.1) is 0 Å². The molecule has 9 nitrogen and oxygen atoms in total. The molecule has 1 fully saturated rings. The number of carbonyl (C=O) groups is 3. The Balaban J connectivity index is 1.41. The summed E-state index contributed by atoms with van der Waals surface area (Å²) in [6.45, 7) is 1.68. The summed E-state index contributed by atoms with van der Waals surface area (Å²) in [5.41, 5.74) is 3.81. The van der Waals surface area contributed by atoms with E-state index in [0.717, 1.165) is 28.2 Å². The molecule has 1 saturated heterocycles. The number of thioether (sulfide) groups is 1. The lowest BCUT2D eigenvalue weighted by Gasteiger charge is -2.31. The molecule has 42 heavy (non-hydrogen) atoms. The third kappa shape index (κ3) is 4.88. The van der Waals surface area contributed by atoms with E-state index in [0.29, 0.717) is 21.3 Å². The summed E-state index contributed by atoms with van der Waals surface area (Å²) >= 11 is 2.20. The van der Waals surface area contributed by atoms with Crippen LogP contribution < -0.4 is 20.0 Å². The van der Waals surface area contributed by atoms with Crippen LogP contribution in [0.4, 0.5) is 17.1 Å². The first-order valence-electron chi connectivity index (χ1n) is 13.3. The van der Waals surface area contributed by atoms with Crippen LogP contribution in [-0.2, 0) is 20.9 Å². The van der Waals surface area contributed by atoms with Crippen molar-refractivity contribution < 1.29 is 19.5 Å². The molecule has 2 aliphatic heterocycles. The minimum absolute atomic E-state index is 0.0715. The van der Waals surface area contributed by atoms with Crippen LogP contribution in [-0.4, -0.2) is 46.7 Å². The van der Waals surface area contributed by atoms with Gasteiger partial charge in [-0.05, 0) is 61.0 Å². The molecule has 3 heterocycles. The number of imide groups is 1. The van der Waals surface area contributed by atoms with E-state index in [1.54, 1.807) is 24.3 Å². The summed E-state index contributed by atoms with van der Waals surface area (Å²) in [6.07, 6.45) is 0. The van der Waals surface area contributed by atoms with Gasteiger partial charge in [-0.25, -0.2) is 4.90 Å². The SMILES string of the molecule is Cc1ccc(N2C(=O)C3Sc4c(sc(=O)n4CC(=O)Nc4ccc(O)cc4)[C@H](c4ccc(N(C)C)cc4)C3C2=O)cc1. The van der Waals surface area contributed by atoms with Gasteiger partial charge in [0, 0.05) is 36.3 Å². The summed E-state index contributed by atoms with van der Waals surface area (Å²) in [5.74, 6) is -2.23. The first kappa shape index (κ1) is 27.8. The Morgan fingerprint density at radius 2 is 1.60 bits per heavy atom. The Bertz CT molecular complexity index is 1740. The second kappa shape index (κ2) is 10.8. The number of nitrogens with one attached hydrogen (secondary N) is 1. The average Bonchev–Trinajstić information content (AvgIpc) is 3.41. The predicted octanol–water partition coefficient (Wildman–Crippen LogP) is 4.42. The number of amides is 3. The second-order valence-corrected chi connectivity index (χ2v) is 12.7. The summed E-state index contributed by atoms with van der Waals surface area (Å²) in [4.78, 5) is 57.8. The molecular weight excluding hydrogens is 572 g/mol. The van der Waals surface area contributed by atoms with Gasteiger partial charge in [-0.1, -0.05) is 52.9 Å². The molecule has 0 saturated carbocycles. The number of nitrogens with zero attached hydrogens (tertiary/aromatic N) is 3. The number of fused-ring (bicyclic) bond motifs is 2. The molecule has 2 N–H and O–H groups in total. The van der Waals surface area contributed by atoms with E-state index < -0.39 is 23.0 Å². The van der Waals surface area contributed by atoms with Gasteiger partial charge in [0.2, 0.25) is 17.7 Å². The summed E-state index contributed by atoms with van der Waals surface area (Å²) < 4.78 is 1.39. The third-order valence-corrected chi connectivity index (χ3v) is 10.2. The first-order chi connectivity index (χ1) is 20.1. The highest BCUT2D eigenvalue weighted by atomic mass is 32.2. The second-order valence-electron chi connectivity index (χ2n) is 10.6. The fourth-order valence-electron chi connectivity index (χ4n) is 5.43. The molecule has 3 amide bonds. The maximum atomic E-state index is 14.0. The van der Waals surface area contributed by atoms with E-state index in [4.69, 9.17) is 0 Å². The number of carbonyl (C=O) groups excluding carboxylic acids is 3. The van der Waals surface area contributed by atoms with Gasteiger partial charge in [0.15, 0.2) is 0 Å². The van der Waals surface area contributed by atoms with Crippen LogP contribution in [0, 0.1) is 12.8 Å². The summed E-state index contributed by atoms with van der Waals surface area (Å²) in [7, 11) is 3.88. The van der Waals surface area contributed by atoms with Crippen molar-refractivity contribution in [2.75, 3.05) is 29.2 Å². The molecule has 0 spiro atoms. The molecule has 3 aromatic carbocycles. The lowest BCUT2D eigenvalue weighted by atomic mass is 9.83. The standard InChI is InChI=1S/C31H28N4O5S2/c1-17-4-10-21(11-5-17)35-28(38)25-24(18-6-12-20(13-7-18)33(2)3)27-30(41-26(25)29(35)39)34(31(40)42-27)16-23(37)32-19-8-14-22(36)15-9-19/h4-15,24-26,36H,16H2,1-3H3,(H,32,37)/t24-,25?,26?/m1/s1. The lowest BCUT2D eigenvalue weighted by Crippen LogP contribution is -2.33. The largest absolute Gasteiger partial charge is 0.508 e. The van der Waals surface area contributed by atoms with Crippen molar-refractivity contribution in [1.29, 1.82) is 0 Å². The van der Waals surface area contributed by atoms with Crippen molar-refractivity contribution in [1.82, 2.24) is 4.57 Å². The highest BCUT2D eigenvalue weighted by Gasteiger charge is 2.56. The van der Waals surface area contributed by atoms with Crippen molar-refractivity contribution in [2.45, 2.75) is 29.7 Å². The molecule has 2 aliphatic rings. The number of phenolic OH excluding ortho intramolecular Hbond substituents is 1. The van der Waals surface area contributed by atoms with Crippen molar-refractivity contribution in [2.24, 2.45) is 5.92 Å². The van der Waals surface area contributed by atoms with Gasteiger partial charge < -0.3 is 15.3 Å². The van der Waals surface area contributed by atoms with E-state index in [1.807, 2.05) is 62.3 Å². The van der Waals surface area contributed by atoms with Crippen LogP contribution in [0.25, 0.3) is 0 Å². The quantitative estimate of drug-likeness (QED) is 0.249. The van der Waals surface area contributed by atoms with Crippen LogP contribution >= 0.6 is 23.1 Å². The molecular formula is C31H28N4O5S2. The monoisotopic (exact) mass is 600 g/mol. The smallest absolute Gasteiger partial charge is 0.308 e. The average molecular weight is 601 g/mol. The molecule has 11 heteroatoms. The van der Waals surface area contributed by atoms with E-state index in [1.165, 1.54) is 33.4 Å². The van der Waals surface area contributed by atoms with Crippen molar-refractivity contribution in [3.8, 4) is 5.75 Å². The Hall–Kier alpha value is -4.35. The van der Waals surface area contributed by atoms with Crippen molar-refractivity contribution in [3.63, 3.8) is 0 Å². The number of aryl methyl sites for hydroxylation is 1. The Morgan fingerprint density at radius 3 is 2.24 bits per heavy atom. The summed E-state index contributed by atoms with van der Waals surface area (Å²) in [5, 5.41) is 12.0. The van der Waals surface area contributed by atoms with Crippen LogP contribution in [0.1, 0.15) is 21.9 Å². The molecule has 0 aliphatic carbocycles. The van der Waals surface area contributed by atoms with Crippen LogP contribution in [0.3, 0.4) is 0 Å². The van der Waals surface area contributed by atoms with Gasteiger partial charge in [-0.3, -0.25) is 23.7 Å². The molecule has 0 radical (unpaired) electrons. The molecule has 1 aromatic heterocycles. The number of aromatic hydroxyl groups is 1. The third-order valence-electron chi connectivity index (χ3n) is 7.56. The fraction of sp³-hybridized carbons (Fsp3) is 0.226. The summed E-state index contributed by atoms with van der Waals surface area (Å²) in [6, 6.07) is 21.1. The zero-order valence-electron chi connectivity index (χ0n) is 23.1. The Kier molecular flexibility index (Phi) is 7.15. The predicted molar refractivity (Wildman–Crippen MR) is 165 cm³/mol. The molecule has 3 atom stereocenters. The number of thiazole rings is 1. The minimum atomic E-state index is -0.759. The maximum absolute atomic E-state index is 14.0. The van der Waals surface area contributed by atoms with E-state index in [2.05, 4.69) is 5.32 Å². The van der Waals surface area contributed by atoms with Gasteiger partial charge >= 0.3 is 4.87 Å². The number of benzene rings is 3. The van der Waals surface area contributed by atoms with E-state index in [-0.39, 0.29) is 29.0 Å². The number of phenols is 1. The lowest BCUT2D eigenvalue weighted by molar-refractivity contribution is -0.122. The van der Waals surface area contributed by atoms with Crippen LogP contribution in [0.5, 0.6) is 5.75 Å². The number of hydrogen-bond acceptors (Lipinski definition) is 8. The van der Waals surface area contributed by atoms with Gasteiger partial charge in [0.1, 0.15) is 17.5 Å². The molecule has 4 aromatic rings. The molecule has 214 valence electrons. The van der Waals surface area contributed by atoms with Gasteiger partial charge in [0.05, 0.1) is 16.6 Å². The number of aromatic nitrogens is 1. The number of anilines is 3. The first-order valence-corrected chi connectivity index (χ1v) is 15.0. The molecule has 2 unspecified atom stereocenters. The van der Waals surface area contributed by atoms with Crippen LogP contribution in [0.15, 0.2) is 82.6 Å². The maximum Gasteiger partial charge on any atom is 0.308 e. The van der Waals surface area contributed by atoms with Gasteiger partial charge in [0.25, 0.3) is 0 Å². The highest BCUT2D eigenvalue weighted by Crippen LogP contribution is 2.54. The Morgan fingerprint density at radius 1 is 0.929 bits per heavy atom.